The number of aromatic nitrogens is 1. The van der Waals surface area contributed by atoms with Crippen molar-refractivity contribution in [3.05, 3.63) is 95.1 Å². The Hall–Kier alpha value is -3.47. The van der Waals surface area contributed by atoms with Gasteiger partial charge in [-0.2, -0.15) is 4.99 Å². The summed E-state index contributed by atoms with van der Waals surface area (Å²) in [5.74, 6) is -0.113. The molecule has 1 N–H and O–H groups in total. The third-order valence-corrected chi connectivity index (χ3v) is 4.95. The van der Waals surface area contributed by atoms with Gasteiger partial charge in [0.1, 0.15) is 5.49 Å². The van der Waals surface area contributed by atoms with Crippen molar-refractivity contribution in [1.29, 1.82) is 0 Å². The number of carbonyl (C=O) groups is 2. The largest absolute Gasteiger partial charge is 0.328 e. The van der Waals surface area contributed by atoms with Gasteiger partial charge in [0.15, 0.2) is 0 Å². The maximum atomic E-state index is 12.6. The predicted octanol–water partition coefficient (Wildman–Crippen LogP) is 3.93. The van der Waals surface area contributed by atoms with E-state index in [2.05, 4.69) is 41.5 Å². The molecule has 0 unspecified atom stereocenters. The summed E-state index contributed by atoms with van der Waals surface area (Å²) in [6.45, 7) is 2.70. The Morgan fingerprint density at radius 2 is 1.72 bits per heavy atom. The van der Waals surface area contributed by atoms with E-state index in [0.717, 1.165) is 18.4 Å². The fourth-order valence-corrected chi connectivity index (χ4v) is 3.05. The molecule has 1 fully saturated rings. The van der Waals surface area contributed by atoms with Crippen LogP contribution in [0.3, 0.4) is 0 Å². The van der Waals surface area contributed by atoms with Crippen LogP contribution < -0.4 is 10.8 Å². The highest BCUT2D eigenvalue weighted by Gasteiger charge is 2.29. The molecular formula is C24H23N3O2. The SMILES string of the molecule is Cc1ccc(Cn2ccccc2=NC(=O)c2ccc(NC(=O)C3CC3)cc2)cc1. The lowest BCUT2D eigenvalue weighted by Gasteiger charge is -2.08. The second-order valence-corrected chi connectivity index (χ2v) is 7.43. The topological polar surface area (TPSA) is 63.5 Å². The van der Waals surface area contributed by atoms with Crippen molar-refractivity contribution < 1.29 is 9.59 Å². The van der Waals surface area contributed by atoms with Gasteiger partial charge in [0, 0.05) is 29.9 Å². The van der Waals surface area contributed by atoms with Gasteiger partial charge in [0.2, 0.25) is 5.91 Å². The molecule has 2 aromatic carbocycles. The van der Waals surface area contributed by atoms with Crippen LogP contribution in [0.2, 0.25) is 0 Å². The van der Waals surface area contributed by atoms with Crippen molar-refractivity contribution in [1.82, 2.24) is 4.57 Å². The molecule has 1 heterocycles. The van der Waals surface area contributed by atoms with E-state index in [1.165, 1.54) is 5.56 Å². The van der Waals surface area contributed by atoms with Gasteiger partial charge in [-0.05, 0) is 61.7 Å². The Morgan fingerprint density at radius 3 is 2.41 bits per heavy atom. The lowest BCUT2D eigenvalue weighted by Crippen LogP contribution is -2.22. The van der Waals surface area contributed by atoms with Gasteiger partial charge in [-0.1, -0.05) is 35.9 Å². The van der Waals surface area contributed by atoms with Crippen LogP contribution in [0.15, 0.2) is 77.9 Å². The molecule has 5 heteroatoms. The fraction of sp³-hybridized carbons (Fsp3) is 0.208. The van der Waals surface area contributed by atoms with Crippen molar-refractivity contribution in [2.45, 2.75) is 26.3 Å². The van der Waals surface area contributed by atoms with Crippen molar-refractivity contribution >= 4 is 17.5 Å². The molecule has 1 saturated carbocycles. The Labute approximate surface area is 169 Å². The maximum absolute atomic E-state index is 12.6. The van der Waals surface area contributed by atoms with Crippen LogP contribution in [0.4, 0.5) is 5.69 Å². The number of aryl methyl sites for hydroxylation is 1. The smallest absolute Gasteiger partial charge is 0.278 e. The zero-order chi connectivity index (χ0) is 20.2. The molecule has 146 valence electrons. The summed E-state index contributed by atoms with van der Waals surface area (Å²) in [6, 6.07) is 20.8. The van der Waals surface area contributed by atoms with E-state index in [1.54, 1.807) is 24.3 Å². The minimum absolute atomic E-state index is 0.0511. The summed E-state index contributed by atoms with van der Waals surface area (Å²) in [6.07, 6.45) is 3.84. The zero-order valence-corrected chi connectivity index (χ0v) is 16.3. The van der Waals surface area contributed by atoms with E-state index in [0.29, 0.717) is 23.3 Å². The summed E-state index contributed by atoms with van der Waals surface area (Å²) >= 11 is 0. The van der Waals surface area contributed by atoms with Crippen LogP contribution in [0.25, 0.3) is 0 Å². The second kappa shape index (κ2) is 8.27. The molecule has 0 aliphatic heterocycles. The molecule has 3 aromatic rings. The standard InChI is InChI=1S/C24H23N3O2/c1-17-5-7-18(8-6-17)16-27-15-3-2-4-22(27)26-24(29)20-11-13-21(14-12-20)25-23(28)19-9-10-19/h2-8,11-15,19H,9-10,16H2,1H3,(H,25,28). The van der Waals surface area contributed by atoms with E-state index in [9.17, 15) is 9.59 Å². The monoisotopic (exact) mass is 385 g/mol. The zero-order valence-electron chi connectivity index (χ0n) is 16.3. The molecular weight excluding hydrogens is 362 g/mol. The number of benzene rings is 2. The highest BCUT2D eigenvalue weighted by atomic mass is 16.2. The number of hydrogen-bond donors (Lipinski definition) is 1. The van der Waals surface area contributed by atoms with Crippen molar-refractivity contribution in [3.8, 4) is 0 Å². The summed E-state index contributed by atoms with van der Waals surface area (Å²) in [7, 11) is 0. The first-order valence-corrected chi connectivity index (χ1v) is 9.79. The molecule has 1 aliphatic rings. The minimum atomic E-state index is -0.311. The van der Waals surface area contributed by atoms with Gasteiger partial charge in [0.25, 0.3) is 5.91 Å². The van der Waals surface area contributed by atoms with Gasteiger partial charge < -0.3 is 9.88 Å². The quantitative estimate of drug-likeness (QED) is 0.723. The number of nitrogens with one attached hydrogen (secondary N) is 1. The molecule has 1 aliphatic carbocycles. The Bertz CT molecular complexity index is 1090. The number of rotatable bonds is 5. The predicted molar refractivity (Wildman–Crippen MR) is 112 cm³/mol. The number of amides is 2. The van der Waals surface area contributed by atoms with Gasteiger partial charge in [-0.3, -0.25) is 9.59 Å². The number of pyridine rings is 1. The minimum Gasteiger partial charge on any atom is -0.328 e. The molecule has 0 spiro atoms. The average molecular weight is 385 g/mol. The van der Waals surface area contributed by atoms with E-state index >= 15 is 0 Å². The molecule has 0 bridgehead atoms. The summed E-state index contributed by atoms with van der Waals surface area (Å²) < 4.78 is 1.95. The fourth-order valence-electron chi connectivity index (χ4n) is 3.05. The second-order valence-electron chi connectivity index (χ2n) is 7.43. The van der Waals surface area contributed by atoms with E-state index in [1.807, 2.05) is 29.0 Å². The lowest BCUT2D eigenvalue weighted by molar-refractivity contribution is -0.117. The van der Waals surface area contributed by atoms with Crippen molar-refractivity contribution in [2.24, 2.45) is 10.9 Å². The normalized spacial score (nSPS) is 13.9. The van der Waals surface area contributed by atoms with Gasteiger partial charge >= 0.3 is 0 Å². The van der Waals surface area contributed by atoms with Crippen LogP contribution in [0.1, 0.15) is 34.3 Å². The maximum Gasteiger partial charge on any atom is 0.278 e. The first-order valence-electron chi connectivity index (χ1n) is 9.79. The summed E-state index contributed by atoms with van der Waals surface area (Å²) in [4.78, 5) is 28.8. The van der Waals surface area contributed by atoms with Crippen LogP contribution in [0.5, 0.6) is 0 Å². The number of anilines is 1. The first-order chi connectivity index (χ1) is 14.1. The van der Waals surface area contributed by atoms with Gasteiger partial charge in [0.05, 0.1) is 0 Å². The van der Waals surface area contributed by atoms with Crippen molar-refractivity contribution in [2.75, 3.05) is 5.32 Å². The number of carbonyl (C=O) groups excluding carboxylic acids is 2. The van der Waals surface area contributed by atoms with Crippen molar-refractivity contribution in [3.63, 3.8) is 0 Å². The summed E-state index contributed by atoms with van der Waals surface area (Å²) in [5, 5.41) is 2.88. The number of nitrogens with zero attached hydrogens (tertiary/aromatic N) is 2. The Balaban J connectivity index is 1.52. The molecule has 0 atom stereocenters. The molecule has 2 amide bonds. The molecule has 29 heavy (non-hydrogen) atoms. The van der Waals surface area contributed by atoms with E-state index in [4.69, 9.17) is 0 Å². The number of hydrogen-bond acceptors (Lipinski definition) is 2. The van der Waals surface area contributed by atoms with E-state index < -0.39 is 0 Å². The molecule has 1 aromatic heterocycles. The highest BCUT2D eigenvalue weighted by Crippen LogP contribution is 2.30. The molecule has 0 radical (unpaired) electrons. The van der Waals surface area contributed by atoms with Gasteiger partial charge in [-0.25, -0.2) is 0 Å². The Morgan fingerprint density at radius 1 is 1.00 bits per heavy atom. The first kappa shape index (κ1) is 18.9. The third kappa shape index (κ3) is 4.88. The average Bonchev–Trinajstić information content (AvgIpc) is 3.57. The van der Waals surface area contributed by atoms with Crippen LogP contribution >= 0.6 is 0 Å². The molecule has 0 saturated heterocycles. The van der Waals surface area contributed by atoms with Crippen LogP contribution in [-0.4, -0.2) is 16.4 Å². The highest BCUT2D eigenvalue weighted by molar-refractivity contribution is 5.97. The van der Waals surface area contributed by atoms with Gasteiger partial charge in [-0.15, -0.1) is 0 Å². The lowest BCUT2D eigenvalue weighted by atomic mass is 10.1. The van der Waals surface area contributed by atoms with Crippen LogP contribution in [0, 0.1) is 12.8 Å². The molecule has 5 nitrogen and oxygen atoms in total. The van der Waals surface area contributed by atoms with Crippen LogP contribution in [-0.2, 0) is 11.3 Å². The third-order valence-electron chi connectivity index (χ3n) is 4.95. The Kier molecular flexibility index (Phi) is 5.38. The van der Waals surface area contributed by atoms with E-state index in [-0.39, 0.29) is 17.7 Å². The molecule has 4 rings (SSSR count). The summed E-state index contributed by atoms with van der Waals surface area (Å²) in [5.41, 5.74) is 4.15.